The van der Waals surface area contributed by atoms with Crippen LogP contribution in [-0.4, -0.2) is 89.3 Å². The van der Waals surface area contributed by atoms with E-state index in [1.807, 2.05) is 5.38 Å². The highest BCUT2D eigenvalue weighted by atomic mass is 32.2. The first-order valence-electron chi connectivity index (χ1n) is 9.49. The molecule has 0 bridgehead atoms. The zero-order chi connectivity index (χ0) is 19.4. The minimum Gasteiger partial charge on any atom is -0.379 e. The fraction of sp³-hybridized carbons (Fsp3) is 0.824. The summed E-state index contributed by atoms with van der Waals surface area (Å²) >= 11 is 1.57. The van der Waals surface area contributed by atoms with Gasteiger partial charge in [-0.05, 0) is 6.42 Å². The zero-order valence-corrected chi connectivity index (χ0v) is 17.7. The molecule has 2 rings (SSSR count). The molecule has 1 aromatic rings. The average Bonchev–Trinajstić information content (AvgIpc) is 3.21. The average molecular weight is 422 g/mol. The van der Waals surface area contributed by atoms with Crippen LogP contribution < -0.4 is 4.90 Å². The maximum absolute atomic E-state index is 12.4. The molecule has 0 aliphatic carbocycles. The van der Waals surface area contributed by atoms with Gasteiger partial charge in [0.1, 0.15) is 0 Å². The summed E-state index contributed by atoms with van der Waals surface area (Å²) in [5, 5.41) is 2.88. The molecule has 1 aliphatic rings. The molecule has 1 fully saturated rings. The summed E-state index contributed by atoms with van der Waals surface area (Å²) in [5.74, 6) is 0.00435. The second-order valence-corrected chi connectivity index (χ2v) is 9.17. The fourth-order valence-corrected chi connectivity index (χ4v) is 4.61. The van der Waals surface area contributed by atoms with E-state index >= 15 is 0 Å². The molecule has 0 radical (unpaired) electrons. The predicted molar refractivity (Wildman–Crippen MR) is 107 cm³/mol. The molecule has 0 spiro atoms. The third-order valence-electron chi connectivity index (χ3n) is 4.19. The van der Waals surface area contributed by atoms with Crippen LogP contribution in [0.5, 0.6) is 0 Å². The van der Waals surface area contributed by atoms with Gasteiger partial charge in [-0.3, -0.25) is 0 Å². The Morgan fingerprint density at radius 3 is 2.22 bits per heavy atom. The molecule has 0 atom stereocenters. The van der Waals surface area contributed by atoms with Crippen LogP contribution in [0, 0.1) is 0 Å². The predicted octanol–water partition coefficient (Wildman–Crippen LogP) is 1.44. The molecule has 8 nitrogen and oxygen atoms in total. The number of hydrogen-bond acceptors (Lipinski definition) is 8. The van der Waals surface area contributed by atoms with E-state index in [2.05, 4.69) is 16.8 Å². The lowest BCUT2D eigenvalue weighted by Crippen LogP contribution is -2.49. The van der Waals surface area contributed by atoms with E-state index in [0.29, 0.717) is 52.6 Å². The first kappa shape index (κ1) is 22.5. The van der Waals surface area contributed by atoms with E-state index in [1.54, 1.807) is 21.8 Å². The number of piperazine rings is 1. The number of nitrogens with zero attached hydrogens (tertiary/aromatic N) is 3. The van der Waals surface area contributed by atoms with Gasteiger partial charge in [0.25, 0.3) is 0 Å². The Bertz CT molecular complexity index is 590. The van der Waals surface area contributed by atoms with Gasteiger partial charge in [0.15, 0.2) is 5.13 Å². The number of anilines is 1. The molecule has 10 heteroatoms. The molecule has 0 saturated carbocycles. The number of unbranched alkanes of at least 4 members (excludes halogenated alkanes) is 1. The molecule has 1 saturated heterocycles. The van der Waals surface area contributed by atoms with Crippen LogP contribution >= 0.6 is 11.3 Å². The summed E-state index contributed by atoms with van der Waals surface area (Å²) in [6.07, 6.45) is 3.96. The van der Waals surface area contributed by atoms with Gasteiger partial charge in [0.05, 0.1) is 38.8 Å². The number of aromatic nitrogens is 1. The van der Waals surface area contributed by atoms with E-state index in [4.69, 9.17) is 14.2 Å². The lowest BCUT2D eigenvalue weighted by atomic mass is 10.4. The van der Waals surface area contributed by atoms with E-state index in [1.165, 1.54) is 0 Å². The monoisotopic (exact) mass is 421 g/mol. The maximum atomic E-state index is 12.4. The van der Waals surface area contributed by atoms with Crippen LogP contribution in [0.3, 0.4) is 0 Å². The molecule has 1 aromatic heterocycles. The Hall–Kier alpha value is -0.780. The van der Waals surface area contributed by atoms with Crippen molar-refractivity contribution in [1.29, 1.82) is 0 Å². The summed E-state index contributed by atoms with van der Waals surface area (Å²) < 4.78 is 42.5. The van der Waals surface area contributed by atoms with Crippen molar-refractivity contribution in [2.24, 2.45) is 0 Å². The first-order chi connectivity index (χ1) is 13.1. The molecule has 156 valence electrons. The highest BCUT2D eigenvalue weighted by Crippen LogP contribution is 2.19. The minimum absolute atomic E-state index is 0.00435. The lowest BCUT2D eigenvalue weighted by Gasteiger charge is -2.33. The second-order valence-electron chi connectivity index (χ2n) is 6.21. The molecule has 0 amide bonds. The quantitative estimate of drug-likeness (QED) is 0.421. The Balaban J connectivity index is 1.50. The van der Waals surface area contributed by atoms with Gasteiger partial charge in [0, 0.05) is 44.4 Å². The molecule has 0 unspecified atom stereocenters. The molecule has 1 aliphatic heterocycles. The number of ether oxygens (including phenoxy) is 3. The molecule has 0 N–H and O–H groups in total. The highest BCUT2D eigenvalue weighted by molar-refractivity contribution is 7.89. The van der Waals surface area contributed by atoms with Gasteiger partial charge in [-0.25, -0.2) is 13.4 Å². The number of hydrogen-bond donors (Lipinski definition) is 0. The third-order valence-corrected chi connectivity index (χ3v) is 6.86. The summed E-state index contributed by atoms with van der Waals surface area (Å²) in [6.45, 7) is 7.36. The van der Waals surface area contributed by atoms with Crippen LogP contribution in [0.25, 0.3) is 0 Å². The fourth-order valence-electron chi connectivity index (χ4n) is 2.61. The molecular weight excluding hydrogens is 390 g/mol. The van der Waals surface area contributed by atoms with Crippen LogP contribution in [0.2, 0.25) is 0 Å². The van der Waals surface area contributed by atoms with Gasteiger partial charge in [-0.2, -0.15) is 4.31 Å². The van der Waals surface area contributed by atoms with Crippen LogP contribution in [-0.2, 0) is 24.2 Å². The lowest BCUT2D eigenvalue weighted by molar-refractivity contribution is 0.0167. The van der Waals surface area contributed by atoms with Crippen molar-refractivity contribution in [3.8, 4) is 0 Å². The Morgan fingerprint density at radius 1 is 1.00 bits per heavy atom. The number of sulfonamides is 1. The van der Waals surface area contributed by atoms with Gasteiger partial charge >= 0.3 is 0 Å². The Kier molecular flexibility index (Phi) is 10.5. The number of rotatable bonds is 14. The van der Waals surface area contributed by atoms with Crippen LogP contribution in [0.15, 0.2) is 11.6 Å². The SMILES string of the molecule is CCCCOCCOCCOCCS(=O)(=O)N1CCN(c2nccs2)CC1. The van der Waals surface area contributed by atoms with Gasteiger partial charge in [-0.15, -0.1) is 11.3 Å². The molecule has 0 aromatic carbocycles. The number of thiazole rings is 1. The van der Waals surface area contributed by atoms with Crippen molar-refractivity contribution < 1.29 is 22.6 Å². The molecular formula is C17H31N3O5S2. The van der Waals surface area contributed by atoms with E-state index < -0.39 is 10.0 Å². The van der Waals surface area contributed by atoms with Gasteiger partial charge in [0.2, 0.25) is 10.0 Å². The Labute approximate surface area is 166 Å². The van der Waals surface area contributed by atoms with Crippen molar-refractivity contribution in [2.75, 3.05) is 76.5 Å². The van der Waals surface area contributed by atoms with Crippen molar-refractivity contribution >= 4 is 26.5 Å². The molecule has 27 heavy (non-hydrogen) atoms. The van der Waals surface area contributed by atoms with Gasteiger partial charge in [-0.1, -0.05) is 13.3 Å². The largest absolute Gasteiger partial charge is 0.379 e. The summed E-state index contributed by atoms with van der Waals surface area (Å²) in [5.41, 5.74) is 0. The van der Waals surface area contributed by atoms with E-state index in [0.717, 1.165) is 24.6 Å². The molecule has 2 heterocycles. The normalized spacial score (nSPS) is 16.1. The summed E-state index contributed by atoms with van der Waals surface area (Å²) in [4.78, 5) is 6.40. The van der Waals surface area contributed by atoms with Crippen LogP contribution in [0.4, 0.5) is 5.13 Å². The second kappa shape index (κ2) is 12.6. The third kappa shape index (κ3) is 8.41. The Morgan fingerprint density at radius 2 is 1.63 bits per heavy atom. The van der Waals surface area contributed by atoms with E-state index in [9.17, 15) is 8.42 Å². The van der Waals surface area contributed by atoms with E-state index in [-0.39, 0.29) is 12.4 Å². The standard InChI is InChI=1S/C17H31N3O5S2/c1-2-3-9-23-10-11-24-12-13-25-14-16-27(21,22)20-7-5-19(6-8-20)17-18-4-15-26-17/h4,15H,2-3,5-14,16H2,1H3. The maximum Gasteiger partial charge on any atom is 0.216 e. The van der Waals surface area contributed by atoms with Crippen molar-refractivity contribution in [1.82, 2.24) is 9.29 Å². The summed E-state index contributed by atoms with van der Waals surface area (Å²) in [7, 11) is -3.28. The van der Waals surface area contributed by atoms with Crippen molar-refractivity contribution in [3.63, 3.8) is 0 Å². The van der Waals surface area contributed by atoms with Crippen LogP contribution in [0.1, 0.15) is 19.8 Å². The van der Waals surface area contributed by atoms with Crippen molar-refractivity contribution in [2.45, 2.75) is 19.8 Å². The minimum atomic E-state index is -3.28. The summed E-state index contributed by atoms with van der Waals surface area (Å²) in [6, 6.07) is 0. The topological polar surface area (TPSA) is 81.2 Å². The smallest absolute Gasteiger partial charge is 0.216 e. The van der Waals surface area contributed by atoms with Gasteiger partial charge < -0.3 is 19.1 Å². The highest BCUT2D eigenvalue weighted by Gasteiger charge is 2.27. The first-order valence-corrected chi connectivity index (χ1v) is 12.0. The zero-order valence-electron chi connectivity index (χ0n) is 16.0. The van der Waals surface area contributed by atoms with Crippen molar-refractivity contribution in [3.05, 3.63) is 11.6 Å².